The summed E-state index contributed by atoms with van der Waals surface area (Å²) in [6, 6.07) is 6.90. The van der Waals surface area contributed by atoms with Crippen molar-refractivity contribution in [2.45, 2.75) is 26.2 Å². The molecule has 19 heavy (non-hydrogen) atoms. The van der Waals surface area contributed by atoms with Crippen LogP contribution in [0.4, 0.5) is 4.39 Å². The van der Waals surface area contributed by atoms with Crippen molar-refractivity contribution in [2.75, 3.05) is 13.1 Å². The number of hydrogen-bond donors (Lipinski definition) is 1. The number of aryl methyl sites for hydroxylation is 1. The van der Waals surface area contributed by atoms with E-state index in [4.69, 9.17) is 0 Å². The van der Waals surface area contributed by atoms with Crippen LogP contribution in [0.3, 0.4) is 0 Å². The van der Waals surface area contributed by atoms with Gasteiger partial charge in [-0.3, -0.25) is 0 Å². The van der Waals surface area contributed by atoms with Gasteiger partial charge in [-0.2, -0.15) is 0 Å². The Morgan fingerprint density at radius 1 is 1.42 bits per heavy atom. The molecule has 0 aliphatic carbocycles. The number of likely N-dealkylation sites (N-methyl/N-ethyl adjacent to an activating group) is 1. The minimum Gasteiger partial charge on any atom is -0.316 e. The Bertz CT molecular complexity index is 524. The molecule has 0 fully saturated rings. The Morgan fingerprint density at radius 3 is 2.89 bits per heavy atom. The van der Waals surface area contributed by atoms with E-state index < -0.39 is 0 Å². The maximum absolute atomic E-state index is 13.4. The van der Waals surface area contributed by atoms with E-state index >= 15 is 0 Å². The van der Waals surface area contributed by atoms with Gasteiger partial charge in [0.05, 0.1) is 5.01 Å². The van der Waals surface area contributed by atoms with Crippen LogP contribution in [0.15, 0.2) is 30.5 Å². The van der Waals surface area contributed by atoms with Gasteiger partial charge >= 0.3 is 0 Å². The second-order valence-electron chi connectivity index (χ2n) is 4.61. The molecule has 1 atom stereocenters. The highest BCUT2D eigenvalue weighted by Gasteiger charge is 2.14. The van der Waals surface area contributed by atoms with E-state index in [1.807, 2.05) is 19.2 Å². The van der Waals surface area contributed by atoms with E-state index in [9.17, 15) is 4.39 Å². The summed E-state index contributed by atoms with van der Waals surface area (Å²) in [7, 11) is 0. The van der Waals surface area contributed by atoms with Gasteiger partial charge < -0.3 is 5.32 Å². The zero-order valence-corrected chi connectivity index (χ0v) is 12.1. The van der Waals surface area contributed by atoms with Crippen molar-refractivity contribution < 1.29 is 4.39 Å². The van der Waals surface area contributed by atoms with E-state index in [1.54, 1.807) is 23.5 Å². The van der Waals surface area contributed by atoms with E-state index in [0.29, 0.717) is 0 Å². The van der Waals surface area contributed by atoms with Crippen LogP contribution in [0, 0.1) is 12.7 Å². The number of benzene rings is 1. The van der Waals surface area contributed by atoms with Gasteiger partial charge in [-0.05, 0) is 37.6 Å². The number of rotatable bonds is 6. The van der Waals surface area contributed by atoms with Crippen molar-refractivity contribution in [3.63, 3.8) is 0 Å². The third-order valence-corrected chi connectivity index (χ3v) is 4.01. The van der Waals surface area contributed by atoms with Gasteiger partial charge in [0, 0.05) is 23.5 Å². The number of nitrogens with one attached hydrogen (secondary N) is 1. The largest absolute Gasteiger partial charge is 0.316 e. The molecule has 0 saturated heterocycles. The van der Waals surface area contributed by atoms with Gasteiger partial charge in [0.15, 0.2) is 0 Å². The number of hydrogen-bond acceptors (Lipinski definition) is 3. The van der Waals surface area contributed by atoms with E-state index in [0.717, 1.165) is 30.1 Å². The lowest BCUT2D eigenvalue weighted by Gasteiger charge is -2.17. The Balaban J connectivity index is 2.15. The van der Waals surface area contributed by atoms with Crippen LogP contribution < -0.4 is 5.32 Å². The average molecular weight is 278 g/mol. The predicted octanol–water partition coefficient (Wildman–Crippen LogP) is 3.53. The fourth-order valence-corrected chi connectivity index (χ4v) is 3.00. The Morgan fingerprint density at radius 2 is 2.26 bits per heavy atom. The molecule has 2 rings (SSSR count). The monoisotopic (exact) mass is 278 g/mol. The highest BCUT2D eigenvalue weighted by atomic mass is 32.1. The van der Waals surface area contributed by atoms with Crippen molar-refractivity contribution >= 4 is 11.3 Å². The third-order valence-electron chi connectivity index (χ3n) is 3.08. The minimum absolute atomic E-state index is 0.167. The Labute approximate surface area is 117 Å². The molecule has 4 heteroatoms. The molecule has 0 saturated carbocycles. The van der Waals surface area contributed by atoms with Crippen molar-refractivity contribution in [3.05, 3.63) is 51.7 Å². The van der Waals surface area contributed by atoms with Crippen molar-refractivity contribution in [3.8, 4) is 0 Å². The lowest BCUT2D eigenvalue weighted by molar-refractivity contribution is 0.585. The van der Waals surface area contributed by atoms with Gasteiger partial charge in [0.25, 0.3) is 0 Å². The van der Waals surface area contributed by atoms with Crippen molar-refractivity contribution in [1.29, 1.82) is 0 Å². The second-order valence-corrected chi connectivity index (χ2v) is 5.93. The topological polar surface area (TPSA) is 24.9 Å². The molecule has 0 aliphatic heterocycles. The quantitative estimate of drug-likeness (QED) is 0.874. The van der Waals surface area contributed by atoms with Gasteiger partial charge in [-0.25, -0.2) is 9.37 Å². The van der Waals surface area contributed by atoms with E-state index in [1.165, 1.54) is 10.9 Å². The Hall–Kier alpha value is -1.26. The van der Waals surface area contributed by atoms with Crippen molar-refractivity contribution in [1.82, 2.24) is 10.3 Å². The van der Waals surface area contributed by atoms with Crippen molar-refractivity contribution in [2.24, 2.45) is 0 Å². The second kappa shape index (κ2) is 6.78. The smallest absolute Gasteiger partial charge is 0.123 e. The first-order valence-corrected chi connectivity index (χ1v) is 7.38. The minimum atomic E-state index is -0.167. The highest BCUT2D eigenvalue weighted by molar-refractivity contribution is 7.11. The molecule has 1 heterocycles. The molecule has 1 unspecified atom stereocenters. The van der Waals surface area contributed by atoms with E-state index in [2.05, 4.69) is 17.2 Å². The molecule has 1 N–H and O–H groups in total. The summed E-state index contributed by atoms with van der Waals surface area (Å²) >= 11 is 1.72. The lowest BCUT2D eigenvalue weighted by atomic mass is 9.95. The molecule has 2 nitrogen and oxygen atoms in total. The van der Waals surface area contributed by atoms with Gasteiger partial charge in [-0.1, -0.05) is 19.1 Å². The SMILES string of the molecule is CCNCC(Cc1cnc(C)s1)c1cccc(F)c1. The molecular weight excluding hydrogens is 259 g/mol. The van der Waals surface area contributed by atoms with Crippen LogP contribution >= 0.6 is 11.3 Å². The maximum Gasteiger partial charge on any atom is 0.123 e. The first-order chi connectivity index (χ1) is 9.19. The van der Waals surface area contributed by atoms with Crippen LogP contribution in [-0.4, -0.2) is 18.1 Å². The van der Waals surface area contributed by atoms with Crippen LogP contribution in [0.2, 0.25) is 0 Å². The van der Waals surface area contributed by atoms with Crippen LogP contribution in [-0.2, 0) is 6.42 Å². The fourth-order valence-electron chi connectivity index (χ4n) is 2.13. The summed E-state index contributed by atoms with van der Waals surface area (Å²) in [6.07, 6.45) is 2.83. The van der Waals surface area contributed by atoms with Crippen LogP contribution in [0.25, 0.3) is 0 Å². The first-order valence-electron chi connectivity index (χ1n) is 6.56. The molecule has 1 aromatic heterocycles. The average Bonchev–Trinajstić information content (AvgIpc) is 2.80. The molecule has 0 bridgehead atoms. The maximum atomic E-state index is 13.4. The van der Waals surface area contributed by atoms with Gasteiger partial charge in [0.2, 0.25) is 0 Å². The highest BCUT2D eigenvalue weighted by Crippen LogP contribution is 2.24. The van der Waals surface area contributed by atoms with Crippen LogP contribution in [0.1, 0.15) is 28.3 Å². The molecule has 0 radical (unpaired) electrons. The van der Waals surface area contributed by atoms with Gasteiger partial charge in [-0.15, -0.1) is 11.3 Å². The number of nitrogens with zero attached hydrogens (tertiary/aromatic N) is 1. The number of thiazole rings is 1. The standard InChI is InChI=1S/C15H19FN2S/c1-3-17-9-13(8-15-10-18-11(2)19-15)12-5-4-6-14(16)7-12/h4-7,10,13,17H,3,8-9H2,1-2H3. The Kier molecular flexibility index (Phi) is 5.05. The first kappa shape index (κ1) is 14.2. The number of aromatic nitrogens is 1. The summed E-state index contributed by atoms with van der Waals surface area (Å²) in [4.78, 5) is 5.54. The normalized spacial score (nSPS) is 12.6. The van der Waals surface area contributed by atoms with Gasteiger partial charge in [0.1, 0.15) is 5.82 Å². The predicted molar refractivity (Wildman–Crippen MR) is 78.2 cm³/mol. The summed E-state index contributed by atoms with van der Waals surface area (Å²) in [5, 5.41) is 4.44. The molecule has 102 valence electrons. The molecular formula is C15H19FN2S. The molecule has 0 aliphatic rings. The summed E-state index contributed by atoms with van der Waals surface area (Å²) < 4.78 is 13.4. The molecule has 2 aromatic rings. The fraction of sp³-hybridized carbons (Fsp3) is 0.400. The molecule has 0 spiro atoms. The number of halogens is 1. The molecule has 1 aromatic carbocycles. The van der Waals surface area contributed by atoms with E-state index in [-0.39, 0.29) is 11.7 Å². The zero-order valence-electron chi connectivity index (χ0n) is 11.3. The zero-order chi connectivity index (χ0) is 13.7. The summed E-state index contributed by atoms with van der Waals surface area (Å²) in [5.74, 6) is 0.120. The summed E-state index contributed by atoms with van der Waals surface area (Å²) in [6.45, 7) is 5.87. The third kappa shape index (κ3) is 4.11. The van der Waals surface area contributed by atoms with Crippen LogP contribution in [0.5, 0.6) is 0 Å². The lowest BCUT2D eigenvalue weighted by Crippen LogP contribution is -2.22. The summed E-state index contributed by atoms with van der Waals surface area (Å²) in [5.41, 5.74) is 1.05. The molecule has 0 amide bonds.